The van der Waals surface area contributed by atoms with Gasteiger partial charge in [-0.3, -0.25) is 0 Å². The zero-order chi connectivity index (χ0) is 15.7. The van der Waals surface area contributed by atoms with Crippen LogP contribution in [0.1, 0.15) is 25.0 Å². The molecule has 2 atom stereocenters. The van der Waals surface area contributed by atoms with Gasteiger partial charge in [0, 0.05) is 18.7 Å². The fourth-order valence-corrected chi connectivity index (χ4v) is 2.37. The van der Waals surface area contributed by atoms with Crippen LogP contribution in [-0.2, 0) is 32.2 Å². The summed E-state index contributed by atoms with van der Waals surface area (Å²) in [5.74, 6) is 0. The molecule has 1 rings (SSSR count). The van der Waals surface area contributed by atoms with Gasteiger partial charge in [-0.1, -0.05) is 28.1 Å². The fourth-order valence-electron chi connectivity index (χ4n) is 1.83. The van der Waals surface area contributed by atoms with E-state index in [9.17, 15) is 0 Å². The van der Waals surface area contributed by atoms with E-state index in [1.165, 1.54) is 0 Å². The molecule has 1 aromatic carbocycles. The molecule has 120 valence electrons. The third kappa shape index (κ3) is 7.38. The second-order valence-electron chi connectivity index (χ2n) is 5.08. The normalized spacial score (nSPS) is 14.1. The third-order valence-electron chi connectivity index (χ3n) is 2.98. The van der Waals surface area contributed by atoms with Crippen molar-refractivity contribution in [1.29, 1.82) is 0 Å². The number of ether oxygens (including phenoxy) is 4. The highest BCUT2D eigenvalue weighted by molar-refractivity contribution is 9.10. The second-order valence-corrected chi connectivity index (χ2v) is 5.93. The summed E-state index contributed by atoms with van der Waals surface area (Å²) in [6, 6.07) is 6.19. The summed E-state index contributed by atoms with van der Waals surface area (Å²) in [4.78, 5) is 0. The average molecular weight is 361 g/mol. The van der Waals surface area contributed by atoms with Gasteiger partial charge in [0.25, 0.3) is 0 Å². The van der Waals surface area contributed by atoms with Gasteiger partial charge in [0.05, 0.1) is 38.6 Å². The van der Waals surface area contributed by atoms with Crippen molar-refractivity contribution in [3.05, 3.63) is 33.8 Å². The molecular formula is C16H25BrO4. The molecule has 4 nitrogen and oxygen atoms in total. The number of hydrogen-bond acceptors (Lipinski definition) is 4. The Labute approximate surface area is 135 Å². The van der Waals surface area contributed by atoms with E-state index in [2.05, 4.69) is 34.1 Å². The minimum atomic E-state index is 0.0832. The minimum absolute atomic E-state index is 0.0832. The van der Waals surface area contributed by atoms with Crippen molar-refractivity contribution in [2.75, 3.05) is 27.4 Å². The van der Waals surface area contributed by atoms with Crippen LogP contribution in [0.25, 0.3) is 0 Å². The quantitative estimate of drug-likeness (QED) is 0.639. The van der Waals surface area contributed by atoms with Gasteiger partial charge < -0.3 is 18.9 Å². The highest BCUT2D eigenvalue weighted by Gasteiger charge is 2.07. The molecule has 0 aliphatic heterocycles. The van der Waals surface area contributed by atoms with Gasteiger partial charge in [-0.05, 0) is 31.0 Å². The first-order valence-corrected chi connectivity index (χ1v) is 7.84. The molecule has 0 spiro atoms. The average Bonchev–Trinajstić information content (AvgIpc) is 2.45. The number of benzene rings is 1. The number of hydrogen-bond donors (Lipinski definition) is 0. The lowest BCUT2D eigenvalue weighted by Gasteiger charge is -2.15. The summed E-state index contributed by atoms with van der Waals surface area (Å²) in [6.07, 6.45) is 0.173. The van der Waals surface area contributed by atoms with E-state index in [-0.39, 0.29) is 12.2 Å². The molecule has 0 saturated heterocycles. The van der Waals surface area contributed by atoms with Gasteiger partial charge >= 0.3 is 0 Å². The largest absolute Gasteiger partial charge is 0.382 e. The Balaban J connectivity index is 2.48. The van der Waals surface area contributed by atoms with Crippen LogP contribution in [-0.4, -0.2) is 39.6 Å². The van der Waals surface area contributed by atoms with E-state index < -0.39 is 0 Å². The predicted molar refractivity (Wildman–Crippen MR) is 86.4 cm³/mol. The topological polar surface area (TPSA) is 36.9 Å². The van der Waals surface area contributed by atoms with Crippen LogP contribution in [0, 0.1) is 0 Å². The monoisotopic (exact) mass is 360 g/mol. The van der Waals surface area contributed by atoms with Crippen LogP contribution >= 0.6 is 15.9 Å². The van der Waals surface area contributed by atoms with E-state index in [0.29, 0.717) is 26.4 Å². The Morgan fingerprint density at radius 2 is 1.52 bits per heavy atom. The van der Waals surface area contributed by atoms with E-state index in [0.717, 1.165) is 15.6 Å². The Hall–Kier alpha value is -0.460. The van der Waals surface area contributed by atoms with Crippen LogP contribution < -0.4 is 0 Å². The molecule has 0 heterocycles. The van der Waals surface area contributed by atoms with Crippen LogP contribution in [0.2, 0.25) is 0 Å². The standard InChI is InChI=1S/C16H25BrO4/c1-12(8-18-3)20-10-14-5-6-15(16(17)7-14)11-21-13(2)9-19-4/h5-7,12-13H,8-11H2,1-4H3. The van der Waals surface area contributed by atoms with E-state index >= 15 is 0 Å². The summed E-state index contributed by atoms with van der Waals surface area (Å²) in [5, 5.41) is 0. The summed E-state index contributed by atoms with van der Waals surface area (Å²) in [7, 11) is 3.35. The highest BCUT2D eigenvalue weighted by Crippen LogP contribution is 2.21. The molecule has 0 bridgehead atoms. The fraction of sp³-hybridized carbons (Fsp3) is 0.625. The lowest BCUT2D eigenvalue weighted by molar-refractivity contribution is -0.00132. The number of rotatable bonds is 10. The van der Waals surface area contributed by atoms with Crippen molar-refractivity contribution in [1.82, 2.24) is 0 Å². The summed E-state index contributed by atoms with van der Waals surface area (Å²) >= 11 is 3.58. The number of methoxy groups -OCH3 is 2. The molecule has 1 aromatic rings. The SMILES string of the molecule is COCC(C)OCc1ccc(COC(C)COC)c(Br)c1. The van der Waals surface area contributed by atoms with Gasteiger partial charge in [-0.2, -0.15) is 0 Å². The lowest BCUT2D eigenvalue weighted by Crippen LogP contribution is -2.15. The molecule has 0 aromatic heterocycles. The first-order chi connectivity index (χ1) is 10.1. The van der Waals surface area contributed by atoms with Crippen LogP contribution in [0.3, 0.4) is 0 Å². The van der Waals surface area contributed by atoms with Gasteiger partial charge in [-0.25, -0.2) is 0 Å². The number of halogens is 1. The molecule has 5 heteroatoms. The third-order valence-corrected chi connectivity index (χ3v) is 3.72. The molecule has 21 heavy (non-hydrogen) atoms. The zero-order valence-corrected chi connectivity index (χ0v) is 14.8. The van der Waals surface area contributed by atoms with Gasteiger partial charge in [0.2, 0.25) is 0 Å². The highest BCUT2D eigenvalue weighted by atomic mass is 79.9. The van der Waals surface area contributed by atoms with Crippen LogP contribution in [0.4, 0.5) is 0 Å². The van der Waals surface area contributed by atoms with Crippen molar-refractivity contribution in [2.45, 2.75) is 39.3 Å². The Morgan fingerprint density at radius 1 is 0.952 bits per heavy atom. The smallest absolute Gasteiger partial charge is 0.0784 e. The molecule has 2 unspecified atom stereocenters. The maximum Gasteiger partial charge on any atom is 0.0784 e. The summed E-state index contributed by atoms with van der Waals surface area (Å²) < 4.78 is 22.6. The van der Waals surface area contributed by atoms with Gasteiger partial charge in [-0.15, -0.1) is 0 Å². The van der Waals surface area contributed by atoms with Gasteiger partial charge in [0.1, 0.15) is 0 Å². The maximum atomic E-state index is 5.72. The molecule has 0 saturated carbocycles. The van der Waals surface area contributed by atoms with Crippen molar-refractivity contribution in [3.8, 4) is 0 Å². The molecule has 0 fully saturated rings. The van der Waals surface area contributed by atoms with Crippen molar-refractivity contribution >= 4 is 15.9 Å². The van der Waals surface area contributed by atoms with Crippen LogP contribution in [0.15, 0.2) is 22.7 Å². The van der Waals surface area contributed by atoms with Crippen molar-refractivity contribution in [2.24, 2.45) is 0 Å². The first-order valence-electron chi connectivity index (χ1n) is 7.05. The lowest BCUT2D eigenvalue weighted by atomic mass is 10.1. The molecule has 0 aliphatic rings. The maximum absolute atomic E-state index is 5.72. The minimum Gasteiger partial charge on any atom is -0.382 e. The molecule has 0 aliphatic carbocycles. The molecule has 0 radical (unpaired) electrons. The Bertz CT molecular complexity index is 411. The molecular weight excluding hydrogens is 336 g/mol. The van der Waals surface area contributed by atoms with E-state index in [1.54, 1.807) is 14.2 Å². The van der Waals surface area contributed by atoms with E-state index in [4.69, 9.17) is 18.9 Å². The zero-order valence-electron chi connectivity index (χ0n) is 13.2. The summed E-state index contributed by atoms with van der Waals surface area (Å²) in [5.41, 5.74) is 2.24. The van der Waals surface area contributed by atoms with Gasteiger partial charge in [0.15, 0.2) is 0 Å². The van der Waals surface area contributed by atoms with Crippen molar-refractivity contribution in [3.63, 3.8) is 0 Å². The second kappa shape index (κ2) is 10.3. The molecule has 0 N–H and O–H groups in total. The summed E-state index contributed by atoms with van der Waals surface area (Å²) in [6.45, 7) is 6.33. The van der Waals surface area contributed by atoms with Crippen LogP contribution in [0.5, 0.6) is 0 Å². The first kappa shape index (κ1) is 18.6. The Morgan fingerprint density at radius 3 is 2.05 bits per heavy atom. The van der Waals surface area contributed by atoms with E-state index in [1.807, 2.05) is 13.8 Å². The predicted octanol–water partition coefficient (Wildman–Crippen LogP) is 3.55. The Kier molecular flexibility index (Phi) is 9.11. The van der Waals surface area contributed by atoms with Crippen molar-refractivity contribution < 1.29 is 18.9 Å². The molecule has 0 amide bonds.